The van der Waals surface area contributed by atoms with Gasteiger partial charge in [-0.05, 0) is 43.4 Å². The standard InChI is InChI=1S/C21H27N5O3/c1-22-18(27)13-29-17-6-2-4-14(10-17)11-19(28)26-9-3-5-16(12-26)21-23-20(24-25-21)15-7-8-15/h2,4,6,10,15-16H,3,5,7-9,11-13H2,1H3,(H,22,27)(H,23,24,25). The van der Waals surface area contributed by atoms with E-state index in [0.29, 0.717) is 24.6 Å². The van der Waals surface area contributed by atoms with Gasteiger partial charge in [-0.1, -0.05) is 12.1 Å². The number of nitrogens with one attached hydrogen (secondary N) is 2. The van der Waals surface area contributed by atoms with Gasteiger partial charge in [0, 0.05) is 32.0 Å². The molecule has 2 aromatic rings. The van der Waals surface area contributed by atoms with Crippen LogP contribution in [-0.4, -0.2) is 58.6 Å². The number of carbonyl (C=O) groups excluding carboxylic acids is 2. The van der Waals surface area contributed by atoms with Gasteiger partial charge < -0.3 is 15.0 Å². The maximum atomic E-state index is 12.9. The lowest BCUT2D eigenvalue weighted by Gasteiger charge is -2.31. The van der Waals surface area contributed by atoms with E-state index in [9.17, 15) is 9.59 Å². The minimum atomic E-state index is -0.192. The molecule has 29 heavy (non-hydrogen) atoms. The average Bonchev–Trinajstić information content (AvgIpc) is 3.49. The molecule has 2 amide bonds. The molecule has 8 nitrogen and oxygen atoms in total. The zero-order valence-corrected chi connectivity index (χ0v) is 16.7. The number of ether oxygens (including phenoxy) is 1. The summed E-state index contributed by atoms with van der Waals surface area (Å²) in [6, 6.07) is 7.35. The van der Waals surface area contributed by atoms with Crippen molar-refractivity contribution in [2.45, 2.75) is 43.9 Å². The number of benzene rings is 1. The van der Waals surface area contributed by atoms with Gasteiger partial charge in [0.15, 0.2) is 12.4 Å². The zero-order chi connectivity index (χ0) is 20.2. The van der Waals surface area contributed by atoms with Crippen LogP contribution in [0.5, 0.6) is 5.75 Å². The Kier molecular flexibility index (Phi) is 5.78. The Morgan fingerprint density at radius 3 is 2.93 bits per heavy atom. The van der Waals surface area contributed by atoms with Gasteiger partial charge in [0.25, 0.3) is 5.91 Å². The van der Waals surface area contributed by atoms with Crippen molar-refractivity contribution in [1.82, 2.24) is 25.4 Å². The fourth-order valence-electron chi connectivity index (χ4n) is 3.68. The number of likely N-dealkylation sites (tertiary alicyclic amines) is 1. The Morgan fingerprint density at radius 1 is 1.28 bits per heavy atom. The van der Waals surface area contributed by atoms with Crippen LogP contribution in [0.4, 0.5) is 0 Å². The molecule has 8 heteroatoms. The van der Waals surface area contributed by atoms with Crippen LogP contribution in [0.25, 0.3) is 0 Å². The summed E-state index contributed by atoms with van der Waals surface area (Å²) in [5, 5.41) is 10.00. The molecule has 2 N–H and O–H groups in total. The molecule has 1 aromatic heterocycles. The molecule has 2 aliphatic rings. The van der Waals surface area contributed by atoms with Crippen molar-refractivity contribution in [3.05, 3.63) is 41.5 Å². The number of piperidine rings is 1. The molecule has 1 aliphatic carbocycles. The molecule has 4 rings (SSSR count). The van der Waals surface area contributed by atoms with Gasteiger partial charge in [-0.25, -0.2) is 4.98 Å². The summed E-state index contributed by atoms with van der Waals surface area (Å²) in [6.07, 6.45) is 4.66. The number of likely N-dealkylation sites (N-methyl/N-ethyl adjacent to an activating group) is 1. The fraction of sp³-hybridized carbons (Fsp3) is 0.524. The van der Waals surface area contributed by atoms with Crippen LogP contribution >= 0.6 is 0 Å². The number of hydrogen-bond donors (Lipinski definition) is 2. The quantitative estimate of drug-likeness (QED) is 0.741. The molecule has 1 aliphatic heterocycles. The van der Waals surface area contributed by atoms with E-state index in [1.54, 1.807) is 13.1 Å². The number of rotatable bonds is 7. The lowest BCUT2D eigenvalue weighted by molar-refractivity contribution is -0.131. The Morgan fingerprint density at radius 2 is 2.14 bits per heavy atom. The van der Waals surface area contributed by atoms with E-state index in [0.717, 1.165) is 36.6 Å². The molecule has 2 fully saturated rings. The van der Waals surface area contributed by atoms with Crippen molar-refractivity contribution >= 4 is 11.8 Å². The van der Waals surface area contributed by atoms with Crippen LogP contribution in [-0.2, 0) is 16.0 Å². The van der Waals surface area contributed by atoms with Gasteiger partial charge in [0.1, 0.15) is 11.6 Å². The summed E-state index contributed by atoms with van der Waals surface area (Å²) in [5.74, 6) is 3.07. The number of nitrogens with zero attached hydrogens (tertiary/aromatic N) is 3. The van der Waals surface area contributed by atoms with Gasteiger partial charge >= 0.3 is 0 Å². The minimum absolute atomic E-state index is 0.0405. The molecule has 1 saturated heterocycles. The second kappa shape index (κ2) is 8.63. The molecule has 0 bridgehead atoms. The predicted molar refractivity (Wildman–Crippen MR) is 107 cm³/mol. The van der Waals surface area contributed by atoms with E-state index >= 15 is 0 Å². The van der Waals surface area contributed by atoms with E-state index in [2.05, 4.69) is 20.5 Å². The van der Waals surface area contributed by atoms with E-state index < -0.39 is 0 Å². The molecule has 1 aromatic carbocycles. The topological polar surface area (TPSA) is 100 Å². The lowest BCUT2D eigenvalue weighted by atomic mass is 9.96. The lowest BCUT2D eigenvalue weighted by Crippen LogP contribution is -2.40. The maximum absolute atomic E-state index is 12.9. The molecular formula is C21H27N5O3. The smallest absolute Gasteiger partial charge is 0.257 e. The summed E-state index contributed by atoms with van der Waals surface area (Å²) >= 11 is 0. The van der Waals surface area contributed by atoms with E-state index in [4.69, 9.17) is 4.74 Å². The first-order chi connectivity index (χ1) is 14.1. The van der Waals surface area contributed by atoms with Gasteiger partial charge in [0.2, 0.25) is 5.91 Å². The number of amides is 2. The van der Waals surface area contributed by atoms with E-state index in [1.165, 1.54) is 12.8 Å². The highest BCUT2D eigenvalue weighted by molar-refractivity contribution is 5.79. The normalized spacial score (nSPS) is 19.1. The summed E-state index contributed by atoms with van der Waals surface area (Å²) in [6.45, 7) is 1.39. The second-order valence-electron chi connectivity index (χ2n) is 7.82. The third-order valence-corrected chi connectivity index (χ3v) is 5.53. The second-order valence-corrected chi connectivity index (χ2v) is 7.82. The zero-order valence-electron chi connectivity index (χ0n) is 16.7. The number of aromatic amines is 1. The Hall–Kier alpha value is -2.90. The van der Waals surface area contributed by atoms with Gasteiger partial charge in [-0.3, -0.25) is 14.7 Å². The Bertz CT molecular complexity index is 877. The first kappa shape index (κ1) is 19.4. The van der Waals surface area contributed by atoms with Crippen molar-refractivity contribution in [2.75, 3.05) is 26.7 Å². The van der Waals surface area contributed by atoms with Crippen LogP contribution in [0.3, 0.4) is 0 Å². The summed E-state index contributed by atoms with van der Waals surface area (Å²) in [4.78, 5) is 30.8. The van der Waals surface area contributed by atoms with Crippen molar-refractivity contribution in [3.8, 4) is 5.75 Å². The van der Waals surface area contributed by atoms with Crippen LogP contribution < -0.4 is 10.1 Å². The third kappa shape index (κ3) is 4.93. The highest BCUT2D eigenvalue weighted by Crippen LogP contribution is 2.38. The third-order valence-electron chi connectivity index (χ3n) is 5.53. The molecule has 1 unspecified atom stereocenters. The first-order valence-corrected chi connectivity index (χ1v) is 10.2. The van der Waals surface area contributed by atoms with Crippen molar-refractivity contribution in [2.24, 2.45) is 0 Å². The summed E-state index contributed by atoms with van der Waals surface area (Å²) in [7, 11) is 1.57. The monoisotopic (exact) mass is 397 g/mol. The van der Waals surface area contributed by atoms with Crippen LogP contribution in [0.15, 0.2) is 24.3 Å². The Balaban J connectivity index is 1.34. The highest BCUT2D eigenvalue weighted by atomic mass is 16.5. The van der Waals surface area contributed by atoms with Gasteiger partial charge in [-0.2, -0.15) is 5.10 Å². The summed E-state index contributed by atoms with van der Waals surface area (Å²) in [5.41, 5.74) is 0.875. The molecule has 0 spiro atoms. The van der Waals surface area contributed by atoms with Gasteiger partial charge in [0.05, 0.1) is 6.42 Å². The number of hydrogen-bond acceptors (Lipinski definition) is 5. The van der Waals surface area contributed by atoms with Crippen LogP contribution in [0.1, 0.15) is 54.7 Å². The molecule has 154 valence electrons. The largest absolute Gasteiger partial charge is 0.484 e. The molecule has 1 saturated carbocycles. The average molecular weight is 397 g/mol. The van der Waals surface area contributed by atoms with Crippen LogP contribution in [0, 0.1) is 0 Å². The Labute approximate surface area is 170 Å². The SMILES string of the molecule is CNC(=O)COc1cccc(CC(=O)N2CCCC(c3n[nH]c(C4CC4)n3)C2)c1. The van der Waals surface area contributed by atoms with Gasteiger partial charge in [-0.15, -0.1) is 0 Å². The van der Waals surface area contributed by atoms with Crippen molar-refractivity contribution < 1.29 is 14.3 Å². The maximum Gasteiger partial charge on any atom is 0.257 e. The molecule has 1 atom stereocenters. The van der Waals surface area contributed by atoms with Crippen molar-refractivity contribution in [3.63, 3.8) is 0 Å². The van der Waals surface area contributed by atoms with Crippen LogP contribution in [0.2, 0.25) is 0 Å². The van der Waals surface area contributed by atoms with E-state index in [1.807, 2.05) is 23.1 Å². The first-order valence-electron chi connectivity index (χ1n) is 10.2. The van der Waals surface area contributed by atoms with E-state index in [-0.39, 0.29) is 24.3 Å². The number of aromatic nitrogens is 3. The minimum Gasteiger partial charge on any atom is -0.484 e. The molecule has 0 radical (unpaired) electrons. The fourth-order valence-corrected chi connectivity index (χ4v) is 3.68. The molecule has 2 heterocycles. The number of H-pyrrole nitrogens is 1. The predicted octanol–water partition coefficient (Wildman–Crippen LogP) is 1.76. The number of carbonyl (C=O) groups is 2. The summed E-state index contributed by atoms with van der Waals surface area (Å²) < 4.78 is 5.47. The van der Waals surface area contributed by atoms with Crippen molar-refractivity contribution in [1.29, 1.82) is 0 Å². The molecular weight excluding hydrogens is 370 g/mol. The highest BCUT2D eigenvalue weighted by Gasteiger charge is 2.31.